The number of guanidine groups is 1. The van der Waals surface area contributed by atoms with E-state index >= 15 is 0 Å². The van der Waals surface area contributed by atoms with Crippen LogP contribution < -0.4 is 10.6 Å². The van der Waals surface area contributed by atoms with Crippen LogP contribution in [0.1, 0.15) is 64.7 Å². The van der Waals surface area contributed by atoms with E-state index in [1.165, 1.54) is 51.4 Å². The predicted molar refractivity (Wildman–Crippen MR) is 106 cm³/mol. The lowest BCUT2D eigenvalue weighted by molar-refractivity contribution is 0.192. The predicted octanol–water partition coefficient (Wildman–Crippen LogP) is 3.95. The lowest BCUT2D eigenvalue weighted by atomic mass is 10.0. The average molecular weight is 425 g/mol. The summed E-state index contributed by atoms with van der Waals surface area (Å²) in [5, 5.41) is 6.75. The average Bonchev–Trinajstić information content (AvgIpc) is 3.00. The summed E-state index contributed by atoms with van der Waals surface area (Å²) >= 11 is 0. The van der Waals surface area contributed by atoms with Crippen LogP contribution in [0, 0.1) is 5.92 Å². The van der Waals surface area contributed by atoms with E-state index in [2.05, 4.69) is 22.5 Å². The normalized spacial score (nSPS) is 15.6. The van der Waals surface area contributed by atoms with Crippen LogP contribution in [0.5, 0.6) is 0 Å². The van der Waals surface area contributed by atoms with Crippen molar-refractivity contribution < 1.29 is 4.74 Å². The second-order valence-electron chi connectivity index (χ2n) is 6.03. The van der Waals surface area contributed by atoms with E-state index < -0.39 is 0 Å². The molecule has 0 amide bonds. The van der Waals surface area contributed by atoms with E-state index in [0.717, 1.165) is 44.5 Å². The van der Waals surface area contributed by atoms with Crippen LogP contribution in [-0.2, 0) is 4.74 Å². The van der Waals surface area contributed by atoms with Gasteiger partial charge in [0.2, 0.25) is 0 Å². The van der Waals surface area contributed by atoms with Gasteiger partial charge in [-0.05, 0) is 44.9 Å². The number of unbranched alkanes of at least 4 members (excludes halogenated alkanes) is 2. The Morgan fingerprint density at radius 2 is 1.86 bits per heavy atom. The van der Waals surface area contributed by atoms with E-state index in [1.807, 2.05) is 0 Å². The Bertz CT molecular complexity index is 269. The van der Waals surface area contributed by atoms with Crippen molar-refractivity contribution in [1.29, 1.82) is 0 Å². The maximum absolute atomic E-state index is 5.06. The first kappa shape index (κ1) is 22.0. The van der Waals surface area contributed by atoms with Gasteiger partial charge in [-0.15, -0.1) is 24.0 Å². The summed E-state index contributed by atoms with van der Waals surface area (Å²) in [5.74, 6) is 1.96. The first-order chi connectivity index (χ1) is 10.4. The molecule has 132 valence electrons. The molecule has 1 fully saturated rings. The van der Waals surface area contributed by atoms with Crippen molar-refractivity contribution in [3.8, 4) is 0 Å². The minimum absolute atomic E-state index is 0. The fraction of sp³-hybridized carbons (Fsp3) is 0.941. The van der Waals surface area contributed by atoms with E-state index in [4.69, 9.17) is 4.74 Å². The lowest BCUT2D eigenvalue weighted by Crippen LogP contribution is -2.37. The first-order valence-corrected chi connectivity index (χ1v) is 8.88. The summed E-state index contributed by atoms with van der Waals surface area (Å²) in [6, 6.07) is 0. The zero-order valence-electron chi connectivity index (χ0n) is 14.5. The number of methoxy groups -OCH3 is 1. The van der Waals surface area contributed by atoms with Crippen molar-refractivity contribution in [2.75, 3.05) is 33.4 Å². The van der Waals surface area contributed by atoms with E-state index in [-0.39, 0.29) is 24.0 Å². The summed E-state index contributed by atoms with van der Waals surface area (Å²) in [7, 11) is 1.76. The van der Waals surface area contributed by atoms with Gasteiger partial charge in [-0.25, -0.2) is 0 Å². The number of ether oxygens (including phenoxy) is 1. The van der Waals surface area contributed by atoms with Crippen LogP contribution in [0.25, 0.3) is 0 Å². The molecule has 0 spiro atoms. The maximum atomic E-state index is 5.06. The van der Waals surface area contributed by atoms with Gasteiger partial charge < -0.3 is 15.4 Å². The highest BCUT2D eigenvalue weighted by atomic mass is 127. The molecule has 0 aromatic rings. The van der Waals surface area contributed by atoms with Crippen LogP contribution in [0.4, 0.5) is 0 Å². The van der Waals surface area contributed by atoms with Gasteiger partial charge in [-0.3, -0.25) is 4.99 Å². The van der Waals surface area contributed by atoms with Gasteiger partial charge in [0.15, 0.2) is 5.96 Å². The Balaban J connectivity index is 0.00000441. The highest BCUT2D eigenvalue weighted by Crippen LogP contribution is 2.28. The summed E-state index contributed by atoms with van der Waals surface area (Å²) in [4.78, 5) is 4.68. The number of nitrogens with one attached hydrogen (secondary N) is 2. The van der Waals surface area contributed by atoms with Crippen molar-refractivity contribution in [1.82, 2.24) is 10.6 Å². The summed E-state index contributed by atoms with van der Waals surface area (Å²) in [6.45, 7) is 5.87. The van der Waals surface area contributed by atoms with Gasteiger partial charge >= 0.3 is 0 Å². The molecule has 0 unspecified atom stereocenters. The molecule has 0 saturated heterocycles. The Morgan fingerprint density at radius 1 is 1.09 bits per heavy atom. The zero-order valence-corrected chi connectivity index (χ0v) is 16.9. The monoisotopic (exact) mass is 425 g/mol. The molecular formula is C17H36IN3O. The summed E-state index contributed by atoms with van der Waals surface area (Å²) < 4.78 is 5.06. The van der Waals surface area contributed by atoms with Gasteiger partial charge in [0.25, 0.3) is 0 Å². The van der Waals surface area contributed by atoms with E-state index in [9.17, 15) is 0 Å². The number of hydrogen-bond acceptors (Lipinski definition) is 2. The second kappa shape index (κ2) is 15.8. The Morgan fingerprint density at radius 3 is 2.55 bits per heavy atom. The quantitative estimate of drug-likeness (QED) is 0.228. The van der Waals surface area contributed by atoms with Gasteiger partial charge in [-0.1, -0.05) is 25.7 Å². The van der Waals surface area contributed by atoms with Gasteiger partial charge in [0, 0.05) is 33.4 Å². The molecule has 0 aliphatic heterocycles. The SMILES string of the molecule is CCNC(=NCCCC1CCCC1)NCCCCCOC.I. The molecule has 2 N–H and O–H groups in total. The number of aliphatic imine (C=N–C) groups is 1. The van der Waals surface area contributed by atoms with Gasteiger partial charge in [-0.2, -0.15) is 0 Å². The standard InChI is InChI=1S/C17H35N3O.HI/c1-3-18-17(19-13-7-4-8-15-21-2)20-14-9-12-16-10-5-6-11-16;/h16H,3-15H2,1-2H3,(H2,18,19,20);1H. The Labute approximate surface area is 154 Å². The number of hydrogen-bond donors (Lipinski definition) is 2. The van der Waals surface area contributed by atoms with Crippen LogP contribution in [0.15, 0.2) is 4.99 Å². The maximum Gasteiger partial charge on any atom is 0.191 e. The fourth-order valence-electron chi connectivity index (χ4n) is 2.97. The van der Waals surface area contributed by atoms with Crippen LogP contribution >= 0.6 is 24.0 Å². The topological polar surface area (TPSA) is 45.7 Å². The molecule has 22 heavy (non-hydrogen) atoms. The second-order valence-corrected chi connectivity index (χ2v) is 6.03. The molecule has 0 bridgehead atoms. The summed E-state index contributed by atoms with van der Waals surface area (Å²) in [5.41, 5.74) is 0. The van der Waals surface area contributed by atoms with Crippen molar-refractivity contribution in [2.24, 2.45) is 10.9 Å². The number of halogens is 1. The molecule has 5 heteroatoms. The van der Waals surface area contributed by atoms with Crippen molar-refractivity contribution in [3.05, 3.63) is 0 Å². The van der Waals surface area contributed by atoms with E-state index in [0.29, 0.717) is 0 Å². The Kier molecular flexibility index (Phi) is 15.8. The molecular weight excluding hydrogens is 389 g/mol. The molecule has 0 radical (unpaired) electrons. The van der Waals surface area contributed by atoms with Gasteiger partial charge in [0.1, 0.15) is 0 Å². The lowest BCUT2D eigenvalue weighted by Gasteiger charge is -2.12. The third-order valence-corrected chi connectivity index (χ3v) is 4.18. The minimum Gasteiger partial charge on any atom is -0.385 e. The number of nitrogens with zero attached hydrogens (tertiary/aromatic N) is 1. The largest absolute Gasteiger partial charge is 0.385 e. The van der Waals surface area contributed by atoms with Crippen LogP contribution in [-0.4, -0.2) is 39.3 Å². The third-order valence-electron chi connectivity index (χ3n) is 4.18. The van der Waals surface area contributed by atoms with Crippen molar-refractivity contribution in [3.63, 3.8) is 0 Å². The molecule has 0 aromatic carbocycles. The Hall–Kier alpha value is -0.0400. The van der Waals surface area contributed by atoms with Crippen molar-refractivity contribution in [2.45, 2.75) is 64.7 Å². The summed E-state index contributed by atoms with van der Waals surface area (Å²) in [6.07, 6.45) is 11.9. The smallest absolute Gasteiger partial charge is 0.191 e. The molecule has 1 rings (SSSR count). The van der Waals surface area contributed by atoms with Crippen LogP contribution in [0.3, 0.4) is 0 Å². The van der Waals surface area contributed by atoms with E-state index in [1.54, 1.807) is 7.11 Å². The molecule has 4 nitrogen and oxygen atoms in total. The molecule has 1 aliphatic carbocycles. The highest BCUT2D eigenvalue weighted by Gasteiger charge is 2.13. The fourth-order valence-corrected chi connectivity index (χ4v) is 2.97. The van der Waals surface area contributed by atoms with Crippen LogP contribution in [0.2, 0.25) is 0 Å². The highest BCUT2D eigenvalue weighted by molar-refractivity contribution is 14.0. The molecule has 1 aliphatic rings. The zero-order chi connectivity index (χ0) is 15.2. The molecule has 0 aromatic heterocycles. The molecule has 0 heterocycles. The number of rotatable bonds is 11. The van der Waals surface area contributed by atoms with Gasteiger partial charge in [0.05, 0.1) is 0 Å². The van der Waals surface area contributed by atoms with Crippen molar-refractivity contribution >= 4 is 29.9 Å². The molecule has 0 atom stereocenters. The first-order valence-electron chi connectivity index (χ1n) is 8.88. The third kappa shape index (κ3) is 11.5. The molecule has 1 saturated carbocycles. The minimum atomic E-state index is 0.